The molecule has 0 aliphatic carbocycles. The summed E-state index contributed by atoms with van der Waals surface area (Å²) in [7, 11) is 0. The first kappa shape index (κ1) is 20.0. The Balaban J connectivity index is 1.37. The van der Waals surface area contributed by atoms with Crippen molar-refractivity contribution in [3.63, 3.8) is 0 Å². The lowest BCUT2D eigenvalue weighted by molar-refractivity contribution is -0.116. The second kappa shape index (κ2) is 8.64. The van der Waals surface area contributed by atoms with Crippen molar-refractivity contribution in [2.45, 2.75) is 13.2 Å². The second-order valence-electron chi connectivity index (χ2n) is 7.15. The maximum atomic E-state index is 12.9. The average molecular weight is 444 g/mol. The lowest BCUT2D eigenvalue weighted by Gasteiger charge is -2.11. The Hall–Kier alpha value is -3.97. The van der Waals surface area contributed by atoms with Crippen molar-refractivity contribution in [3.05, 3.63) is 90.0 Å². The van der Waals surface area contributed by atoms with Crippen LogP contribution in [0, 0.1) is 0 Å². The molecule has 0 unspecified atom stereocenters. The normalized spacial score (nSPS) is 11.0. The van der Waals surface area contributed by atoms with Crippen molar-refractivity contribution in [1.29, 1.82) is 0 Å². The van der Waals surface area contributed by atoms with Gasteiger partial charge in [0.2, 0.25) is 5.91 Å². The van der Waals surface area contributed by atoms with E-state index in [1.165, 1.54) is 0 Å². The van der Waals surface area contributed by atoms with Crippen LogP contribution in [0.3, 0.4) is 0 Å². The van der Waals surface area contributed by atoms with Gasteiger partial charge in [-0.1, -0.05) is 23.7 Å². The monoisotopic (exact) mass is 443 g/mol. The molecule has 8 heteroatoms. The largest absolute Gasteiger partial charge is 0.486 e. The summed E-state index contributed by atoms with van der Waals surface area (Å²) < 4.78 is 7.74. The van der Waals surface area contributed by atoms with E-state index in [-0.39, 0.29) is 19.1 Å². The fraction of sp³-hybridized carbons (Fsp3) is 0.0833. The van der Waals surface area contributed by atoms with Crippen molar-refractivity contribution in [1.82, 2.24) is 19.5 Å². The summed E-state index contributed by atoms with van der Waals surface area (Å²) in [6.07, 6.45) is 3.26. The summed E-state index contributed by atoms with van der Waals surface area (Å²) in [6.45, 7) is 0.313. The molecule has 5 aromatic rings. The number of hydrogen-bond donors (Lipinski definition) is 1. The van der Waals surface area contributed by atoms with Crippen LogP contribution in [0.2, 0.25) is 5.02 Å². The minimum atomic E-state index is -0.177. The molecule has 0 bridgehead atoms. The number of hydrogen-bond acceptors (Lipinski definition) is 5. The highest BCUT2D eigenvalue weighted by Gasteiger charge is 2.15. The average Bonchev–Trinajstić information content (AvgIpc) is 3.16. The number of carbonyl (C=O) groups is 1. The Morgan fingerprint density at radius 3 is 2.56 bits per heavy atom. The summed E-state index contributed by atoms with van der Waals surface area (Å²) in [6, 6.07) is 20.3. The van der Waals surface area contributed by atoms with E-state index in [0.29, 0.717) is 22.3 Å². The standard InChI is InChI=1S/C24H18ClN5O2/c25-16-5-8-18(9-6-16)32-15-23-29-20-3-1-2-4-22(20)30(23)14-24(31)28-17-7-10-19-21(13-17)27-12-11-26-19/h1-13H,14-15H2,(H,28,31). The third-order valence-electron chi connectivity index (χ3n) is 4.97. The first-order valence-corrected chi connectivity index (χ1v) is 10.4. The Morgan fingerprint density at radius 2 is 1.72 bits per heavy atom. The van der Waals surface area contributed by atoms with E-state index >= 15 is 0 Å². The molecule has 0 saturated carbocycles. The number of aromatic nitrogens is 4. The van der Waals surface area contributed by atoms with E-state index in [1.54, 1.807) is 42.7 Å². The second-order valence-corrected chi connectivity index (χ2v) is 7.59. The highest BCUT2D eigenvalue weighted by atomic mass is 35.5. The minimum absolute atomic E-state index is 0.0956. The lowest BCUT2D eigenvalue weighted by Crippen LogP contribution is -2.20. The van der Waals surface area contributed by atoms with Gasteiger partial charge in [-0.15, -0.1) is 0 Å². The first-order chi connectivity index (χ1) is 15.7. The molecule has 2 heterocycles. The van der Waals surface area contributed by atoms with Gasteiger partial charge in [-0.25, -0.2) is 4.98 Å². The molecule has 0 atom stereocenters. The van der Waals surface area contributed by atoms with E-state index in [1.807, 2.05) is 41.0 Å². The number of para-hydroxylation sites is 2. The fourth-order valence-electron chi connectivity index (χ4n) is 3.48. The number of amides is 1. The number of halogens is 1. The number of carbonyl (C=O) groups excluding carboxylic acids is 1. The van der Waals surface area contributed by atoms with E-state index in [0.717, 1.165) is 22.1 Å². The molecule has 1 N–H and O–H groups in total. The number of ether oxygens (including phenoxy) is 1. The van der Waals surface area contributed by atoms with Crippen molar-refractivity contribution < 1.29 is 9.53 Å². The van der Waals surface area contributed by atoms with Gasteiger partial charge in [0.25, 0.3) is 0 Å². The van der Waals surface area contributed by atoms with Crippen LogP contribution in [0.15, 0.2) is 79.1 Å². The van der Waals surface area contributed by atoms with Crippen molar-refractivity contribution in [2.75, 3.05) is 5.32 Å². The molecule has 3 aromatic carbocycles. The van der Waals surface area contributed by atoms with Crippen LogP contribution >= 0.6 is 11.6 Å². The highest BCUT2D eigenvalue weighted by Crippen LogP contribution is 2.21. The van der Waals surface area contributed by atoms with Crippen LogP contribution in [0.1, 0.15) is 5.82 Å². The smallest absolute Gasteiger partial charge is 0.244 e. The minimum Gasteiger partial charge on any atom is -0.486 e. The van der Waals surface area contributed by atoms with Gasteiger partial charge in [0, 0.05) is 23.1 Å². The Labute approximate surface area is 188 Å². The highest BCUT2D eigenvalue weighted by molar-refractivity contribution is 6.30. The molecule has 0 aliphatic rings. The summed E-state index contributed by atoms with van der Waals surface area (Å²) >= 11 is 5.94. The SMILES string of the molecule is O=C(Cn1c(COc2ccc(Cl)cc2)nc2ccccc21)Nc1ccc2nccnc2c1. The molecule has 32 heavy (non-hydrogen) atoms. The summed E-state index contributed by atoms with van der Waals surface area (Å²) in [4.78, 5) is 26.1. The Kier molecular flexibility index (Phi) is 5.39. The van der Waals surface area contributed by atoms with Crippen LogP contribution in [-0.4, -0.2) is 25.4 Å². The lowest BCUT2D eigenvalue weighted by atomic mass is 10.2. The number of imidazole rings is 1. The number of nitrogens with zero attached hydrogens (tertiary/aromatic N) is 4. The molecule has 7 nitrogen and oxygen atoms in total. The maximum Gasteiger partial charge on any atom is 0.244 e. The zero-order valence-corrected chi connectivity index (χ0v) is 17.7. The third-order valence-corrected chi connectivity index (χ3v) is 5.22. The summed E-state index contributed by atoms with van der Waals surface area (Å²) in [5.74, 6) is 1.15. The van der Waals surface area contributed by atoms with Gasteiger partial charge >= 0.3 is 0 Å². The van der Waals surface area contributed by atoms with Gasteiger partial charge in [0.15, 0.2) is 0 Å². The van der Waals surface area contributed by atoms with Crippen LogP contribution in [0.25, 0.3) is 22.1 Å². The summed E-state index contributed by atoms with van der Waals surface area (Å²) in [5.41, 5.74) is 3.81. The van der Waals surface area contributed by atoms with E-state index in [4.69, 9.17) is 16.3 Å². The zero-order chi connectivity index (χ0) is 21.9. The van der Waals surface area contributed by atoms with Crippen LogP contribution < -0.4 is 10.1 Å². The van der Waals surface area contributed by atoms with Gasteiger partial charge in [-0.3, -0.25) is 14.8 Å². The number of rotatable bonds is 6. The molecule has 1 amide bonds. The molecular weight excluding hydrogens is 426 g/mol. The quantitative estimate of drug-likeness (QED) is 0.405. The molecule has 158 valence electrons. The zero-order valence-electron chi connectivity index (χ0n) is 16.9. The van der Waals surface area contributed by atoms with Gasteiger partial charge in [-0.05, 0) is 54.6 Å². The molecular formula is C24H18ClN5O2. The predicted molar refractivity (Wildman–Crippen MR) is 124 cm³/mol. The van der Waals surface area contributed by atoms with Crippen LogP contribution in [0.4, 0.5) is 5.69 Å². The van der Waals surface area contributed by atoms with E-state index in [9.17, 15) is 4.79 Å². The molecule has 0 spiro atoms. The molecule has 0 fully saturated rings. The maximum absolute atomic E-state index is 12.9. The predicted octanol–water partition coefficient (Wildman–Crippen LogP) is 4.85. The van der Waals surface area contributed by atoms with Gasteiger partial charge < -0.3 is 14.6 Å². The van der Waals surface area contributed by atoms with Crippen molar-refractivity contribution >= 4 is 45.3 Å². The fourth-order valence-corrected chi connectivity index (χ4v) is 3.60. The number of nitrogens with one attached hydrogen (secondary N) is 1. The number of benzene rings is 3. The molecule has 5 rings (SSSR count). The topological polar surface area (TPSA) is 81.9 Å². The summed E-state index contributed by atoms with van der Waals surface area (Å²) in [5, 5.41) is 3.57. The molecule has 0 radical (unpaired) electrons. The Bertz CT molecular complexity index is 1420. The van der Waals surface area contributed by atoms with Crippen molar-refractivity contribution in [3.8, 4) is 5.75 Å². The van der Waals surface area contributed by atoms with Crippen molar-refractivity contribution in [2.24, 2.45) is 0 Å². The number of fused-ring (bicyclic) bond motifs is 2. The molecule has 2 aromatic heterocycles. The third kappa shape index (κ3) is 4.24. The number of anilines is 1. The van der Waals surface area contributed by atoms with Gasteiger partial charge in [0.05, 0.1) is 22.1 Å². The van der Waals surface area contributed by atoms with Gasteiger partial charge in [-0.2, -0.15) is 0 Å². The molecule has 0 saturated heterocycles. The van der Waals surface area contributed by atoms with E-state index < -0.39 is 0 Å². The van der Waals surface area contributed by atoms with Gasteiger partial charge in [0.1, 0.15) is 24.7 Å². The van der Waals surface area contributed by atoms with E-state index in [2.05, 4.69) is 20.3 Å². The molecule has 0 aliphatic heterocycles. The Morgan fingerprint density at radius 1 is 0.938 bits per heavy atom. The van der Waals surface area contributed by atoms with Crippen LogP contribution in [0.5, 0.6) is 5.75 Å². The van der Waals surface area contributed by atoms with Crippen LogP contribution in [-0.2, 0) is 17.9 Å². The first-order valence-electron chi connectivity index (χ1n) is 9.99.